The quantitative estimate of drug-likeness (QED) is 0.248. The third kappa shape index (κ3) is 8.18. The lowest BCUT2D eigenvalue weighted by Gasteiger charge is -2.60. The fraction of sp³-hybridized carbons (Fsp3) is 0.919. The molecule has 0 aliphatic carbocycles. The summed E-state index contributed by atoms with van der Waals surface area (Å²) in [6.07, 6.45) is 8.14. The van der Waals surface area contributed by atoms with Gasteiger partial charge in [-0.1, -0.05) is 34.6 Å². The van der Waals surface area contributed by atoms with Gasteiger partial charge in [-0.15, -0.1) is 0 Å². The molecule has 0 saturated carbocycles. The maximum atomic E-state index is 5.77. The normalized spacial score (nSPS) is 23.9. The van der Waals surface area contributed by atoms with Gasteiger partial charge in [-0.25, -0.2) is 5.01 Å². The van der Waals surface area contributed by atoms with Crippen LogP contribution in [0.3, 0.4) is 0 Å². The van der Waals surface area contributed by atoms with Gasteiger partial charge in [-0.05, 0) is 114 Å². The number of rotatable bonds is 11. The number of hydrogen-bond donors (Lipinski definition) is 2. The molecule has 9 heteroatoms. The molecule has 0 radical (unpaired) electrons. The number of morpholine rings is 1. The van der Waals surface area contributed by atoms with Gasteiger partial charge in [-0.2, -0.15) is 15.0 Å². The van der Waals surface area contributed by atoms with Crippen LogP contribution in [-0.4, -0.2) is 86.0 Å². The Bertz CT molecular complexity index is 1130. The molecule has 2 N–H and O–H groups in total. The maximum absolute atomic E-state index is 5.77. The van der Waals surface area contributed by atoms with E-state index in [0.29, 0.717) is 19.3 Å². The van der Waals surface area contributed by atoms with E-state index >= 15 is 0 Å². The number of piperidine rings is 2. The van der Waals surface area contributed by atoms with Crippen molar-refractivity contribution in [2.24, 2.45) is 0 Å². The van der Waals surface area contributed by atoms with Crippen molar-refractivity contribution < 1.29 is 4.74 Å². The van der Waals surface area contributed by atoms with Crippen molar-refractivity contribution in [1.29, 1.82) is 0 Å². The van der Waals surface area contributed by atoms with Crippen LogP contribution in [0.5, 0.6) is 0 Å². The summed E-state index contributed by atoms with van der Waals surface area (Å²) in [4.78, 5) is 18.6. The van der Waals surface area contributed by atoms with Crippen LogP contribution in [0.1, 0.15) is 154 Å². The van der Waals surface area contributed by atoms with Gasteiger partial charge in [0, 0.05) is 52.2 Å². The summed E-state index contributed by atoms with van der Waals surface area (Å²) in [5, 5.41) is 13.4. The van der Waals surface area contributed by atoms with Crippen LogP contribution >= 0.6 is 0 Å². The third-order valence-electron chi connectivity index (χ3n) is 11.5. The second-order valence-corrected chi connectivity index (χ2v) is 17.9. The summed E-state index contributed by atoms with van der Waals surface area (Å²) in [7, 11) is 0. The Hall–Kier alpha value is -1.55. The number of anilines is 2. The maximum Gasteiger partial charge on any atom is 0.245 e. The first-order valence-corrected chi connectivity index (χ1v) is 18.5. The highest BCUT2D eigenvalue weighted by molar-refractivity contribution is 5.42. The Morgan fingerprint density at radius 3 is 1.59 bits per heavy atom. The molecule has 0 spiro atoms. The van der Waals surface area contributed by atoms with E-state index in [1.54, 1.807) is 0 Å². The molecule has 264 valence electrons. The molecule has 46 heavy (non-hydrogen) atoms. The molecule has 4 rings (SSSR count). The molecular weight excluding hydrogens is 572 g/mol. The molecular formula is C37H70N8O. The van der Waals surface area contributed by atoms with Gasteiger partial charge in [0.2, 0.25) is 11.9 Å². The molecule has 1 aromatic heterocycles. The Balaban J connectivity index is 2.03. The van der Waals surface area contributed by atoms with Gasteiger partial charge in [0.15, 0.2) is 0 Å². The first-order valence-electron chi connectivity index (χ1n) is 18.5. The van der Waals surface area contributed by atoms with Crippen LogP contribution in [0, 0.1) is 0 Å². The minimum Gasteiger partial charge on any atom is -0.378 e. The number of nitrogens with zero attached hydrogens (tertiary/aromatic N) is 6. The number of hydrogen-bond acceptors (Lipinski definition) is 9. The highest BCUT2D eigenvalue weighted by Crippen LogP contribution is 2.43. The molecule has 4 heterocycles. The summed E-state index contributed by atoms with van der Waals surface area (Å²) < 4.78 is 5.77. The Labute approximate surface area is 282 Å². The molecule has 3 aliphatic rings. The average molecular weight is 643 g/mol. The van der Waals surface area contributed by atoms with Gasteiger partial charge in [0.1, 0.15) is 5.82 Å². The Kier molecular flexibility index (Phi) is 10.9. The van der Waals surface area contributed by atoms with Crippen molar-refractivity contribution in [3.63, 3.8) is 0 Å². The first-order chi connectivity index (χ1) is 21.2. The van der Waals surface area contributed by atoms with Crippen molar-refractivity contribution in [2.75, 3.05) is 36.2 Å². The topological polar surface area (TPSA) is 81.7 Å². The van der Waals surface area contributed by atoms with Crippen molar-refractivity contribution in [3.05, 3.63) is 5.82 Å². The van der Waals surface area contributed by atoms with Crippen molar-refractivity contribution in [2.45, 2.75) is 193 Å². The second kappa shape index (κ2) is 13.4. The second-order valence-electron chi connectivity index (χ2n) is 17.9. The van der Waals surface area contributed by atoms with Crippen LogP contribution in [-0.2, 0) is 10.2 Å². The molecule has 3 aliphatic heterocycles. The van der Waals surface area contributed by atoms with E-state index in [2.05, 4.69) is 122 Å². The van der Waals surface area contributed by atoms with E-state index in [-0.39, 0.29) is 39.2 Å². The SMILES string of the molecule is CCC(C)(CC)c1nc(N2CCOCC2)nc(N(C2CC(C)(C)NC(C)(C)C2)N(C2CC(C)(C)NC(C)(C)C2)C(C)(CC)CC)n1. The minimum absolute atomic E-state index is 0.00237. The van der Waals surface area contributed by atoms with Crippen LogP contribution in [0.15, 0.2) is 0 Å². The number of ether oxygens (including phenoxy) is 1. The highest BCUT2D eigenvalue weighted by atomic mass is 16.5. The predicted molar refractivity (Wildman–Crippen MR) is 193 cm³/mol. The van der Waals surface area contributed by atoms with Crippen molar-refractivity contribution in [3.8, 4) is 0 Å². The summed E-state index contributed by atoms with van der Waals surface area (Å²) in [5.74, 6) is 2.54. The fourth-order valence-electron chi connectivity index (χ4n) is 8.97. The van der Waals surface area contributed by atoms with Gasteiger partial charge in [0.05, 0.1) is 19.3 Å². The van der Waals surface area contributed by atoms with E-state index in [4.69, 9.17) is 19.7 Å². The van der Waals surface area contributed by atoms with E-state index in [1.165, 1.54) is 0 Å². The Morgan fingerprint density at radius 2 is 1.15 bits per heavy atom. The smallest absolute Gasteiger partial charge is 0.245 e. The number of aromatic nitrogens is 3. The van der Waals surface area contributed by atoms with Crippen LogP contribution in [0.2, 0.25) is 0 Å². The van der Waals surface area contributed by atoms with Gasteiger partial charge in [-0.3, -0.25) is 5.01 Å². The van der Waals surface area contributed by atoms with Crippen LogP contribution in [0.4, 0.5) is 11.9 Å². The molecule has 3 saturated heterocycles. The van der Waals surface area contributed by atoms with Crippen molar-refractivity contribution >= 4 is 11.9 Å². The monoisotopic (exact) mass is 643 g/mol. The molecule has 9 nitrogen and oxygen atoms in total. The lowest BCUT2D eigenvalue weighted by atomic mass is 9.76. The lowest BCUT2D eigenvalue weighted by molar-refractivity contribution is -0.0344. The number of hydrazine groups is 1. The molecule has 0 unspecified atom stereocenters. The van der Waals surface area contributed by atoms with Gasteiger partial charge >= 0.3 is 0 Å². The van der Waals surface area contributed by atoms with Crippen molar-refractivity contribution in [1.82, 2.24) is 30.6 Å². The molecule has 0 atom stereocenters. The summed E-state index contributed by atoms with van der Waals surface area (Å²) in [6.45, 7) is 36.0. The summed E-state index contributed by atoms with van der Waals surface area (Å²) in [6, 6.07) is 0.528. The van der Waals surface area contributed by atoms with Gasteiger partial charge in [0.25, 0.3) is 0 Å². The van der Waals surface area contributed by atoms with Crippen LogP contribution < -0.4 is 20.5 Å². The fourth-order valence-corrected chi connectivity index (χ4v) is 8.97. The van der Waals surface area contributed by atoms with Gasteiger partial charge < -0.3 is 20.3 Å². The molecule has 0 amide bonds. The minimum atomic E-state index is -0.139. The zero-order chi connectivity index (χ0) is 34.3. The molecule has 3 fully saturated rings. The third-order valence-corrected chi connectivity index (χ3v) is 11.5. The van der Waals surface area contributed by atoms with E-state index in [9.17, 15) is 0 Å². The number of nitrogens with one attached hydrogen (secondary N) is 2. The standard InChI is InChI=1S/C37H70N8O/c1-15-36(13,16-2)29-38-30(43-19-21-46-22-20-43)40-31(39-29)44(27-23-32(5,6)41-33(7,8)24-27)45(37(14,17-3)18-4)28-25-34(9,10)42-35(11,12)26-28/h27-28,41-42H,15-26H2,1-14H3. The predicted octanol–water partition coefficient (Wildman–Crippen LogP) is 7.01. The van der Waals surface area contributed by atoms with Crippen LogP contribution in [0.25, 0.3) is 0 Å². The molecule has 0 bridgehead atoms. The zero-order valence-corrected chi connectivity index (χ0v) is 32.2. The Morgan fingerprint density at radius 1 is 0.696 bits per heavy atom. The largest absolute Gasteiger partial charge is 0.378 e. The lowest BCUT2D eigenvalue weighted by Crippen LogP contribution is -2.72. The van der Waals surface area contributed by atoms with E-state index in [0.717, 1.165) is 82.2 Å². The zero-order valence-electron chi connectivity index (χ0n) is 32.2. The average Bonchev–Trinajstić information content (AvgIpc) is 2.96. The summed E-state index contributed by atoms with van der Waals surface area (Å²) in [5.41, 5.74) is -0.309. The van der Waals surface area contributed by atoms with E-state index < -0.39 is 0 Å². The highest BCUT2D eigenvalue weighted by Gasteiger charge is 2.51. The summed E-state index contributed by atoms with van der Waals surface area (Å²) >= 11 is 0. The molecule has 0 aromatic carbocycles. The van der Waals surface area contributed by atoms with E-state index in [1.807, 2.05) is 0 Å². The molecule has 1 aromatic rings. The first kappa shape index (κ1) is 37.3.